The first-order chi connectivity index (χ1) is 5.37. The first-order valence-electron chi connectivity index (χ1n) is 3.12. The molecule has 70 valence electrons. The van der Waals surface area contributed by atoms with Crippen LogP contribution in [-0.4, -0.2) is 27.2 Å². The molecule has 0 amide bonds. The average molecular weight is 193 g/mol. The summed E-state index contributed by atoms with van der Waals surface area (Å²) in [4.78, 5) is 10.6. The molecule has 0 bridgehead atoms. The lowest BCUT2D eigenvalue weighted by atomic mass is 10.6. The molecular formula is C6H9O5S-. The van der Waals surface area contributed by atoms with Crippen LogP contribution in [-0.2, 0) is 19.4 Å². The van der Waals surface area contributed by atoms with Gasteiger partial charge in [-0.05, 0) is 12.7 Å². The van der Waals surface area contributed by atoms with E-state index in [0.717, 1.165) is 6.26 Å². The Hall–Kier alpha value is -1.04. The van der Waals surface area contributed by atoms with Crippen molar-refractivity contribution in [3.8, 4) is 0 Å². The molecule has 0 rings (SSSR count). The van der Waals surface area contributed by atoms with Crippen LogP contribution in [0.5, 0.6) is 0 Å². The Morgan fingerprint density at radius 2 is 2.08 bits per heavy atom. The molecule has 6 heteroatoms. The largest absolute Gasteiger partial charge is 0.867 e. The molecule has 0 aromatic heterocycles. The van der Waals surface area contributed by atoms with Crippen molar-refractivity contribution < 1.29 is 23.1 Å². The van der Waals surface area contributed by atoms with Crippen LogP contribution in [0.15, 0.2) is 11.2 Å². The molecule has 0 aliphatic heterocycles. The summed E-state index contributed by atoms with van der Waals surface area (Å²) in [6, 6.07) is 0. The Labute approximate surface area is 70.6 Å². The van der Waals surface area contributed by atoms with Crippen molar-refractivity contribution in [2.24, 2.45) is 0 Å². The zero-order chi connectivity index (χ0) is 9.78. The van der Waals surface area contributed by atoms with Crippen LogP contribution in [0.2, 0.25) is 0 Å². The van der Waals surface area contributed by atoms with Crippen molar-refractivity contribution in [2.45, 2.75) is 6.92 Å². The van der Waals surface area contributed by atoms with Crippen LogP contribution in [0.25, 0.3) is 0 Å². The molecule has 0 heterocycles. The number of carbonyl (C=O) groups is 1. The predicted molar refractivity (Wildman–Crippen MR) is 39.6 cm³/mol. The quantitative estimate of drug-likeness (QED) is 0.319. The topological polar surface area (TPSA) is 83.5 Å². The first-order valence-corrected chi connectivity index (χ1v) is 5.08. The van der Waals surface area contributed by atoms with Crippen LogP contribution < -0.4 is 5.11 Å². The second-order valence-corrected chi connectivity index (χ2v) is 3.93. The number of esters is 1. The smallest absolute Gasteiger partial charge is 0.323 e. The summed E-state index contributed by atoms with van der Waals surface area (Å²) in [7, 11) is -3.56. The van der Waals surface area contributed by atoms with Gasteiger partial charge in [-0.1, -0.05) is 0 Å². The van der Waals surface area contributed by atoms with Crippen molar-refractivity contribution in [1.29, 1.82) is 0 Å². The lowest BCUT2D eigenvalue weighted by Crippen LogP contribution is -2.19. The number of hydrogen-bond acceptors (Lipinski definition) is 5. The molecule has 0 aromatic rings. The number of ether oxygens (including phenoxy) is 1. The molecular weight excluding hydrogens is 184 g/mol. The number of rotatable bonds is 3. The minimum absolute atomic E-state index is 0.0438. The lowest BCUT2D eigenvalue weighted by Gasteiger charge is -2.08. The van der Waals surface area contributed by atoms with Crippen LogP contribution in [0.4, 0.5) is 0 Å². The minimum atomic E-state index is -3.56. The van der Waals surface area contributed by atoms with Gasteiger partial charge in [0, 0.05) is 11.7 Å². The monoisotopic (exact) mass is 193 g/mol. The van der Waals surface area contributed by atoms with Gasteiger partial charge in [0.15, 0.2) is 9.84 Å². The van der Waals surface area contributed by atoms with Gasteiger partial charge in [-0.3, -0.25) is 0 Å². The first kappa shape index (κ1) is 11.0. The van der Waals surface area contributed by atoms with E-state index in [1.807, 2.05) is 0 Å². The van der Waals surface area contributed by atoms with Crippen LogP contribution >= 0.6 is 0 Å². The van der Waals surface area contributed by atoms with Gasteiger partial charge in [-0.2, -0.15) is 0 Å². The highest BCUT2D eigenvalue weighted by molar-refractivity contribution is 7.93. The van der Waals surface area contributed by atoms with Gasteiger partial charge in [0.2, 0.25) is 0 Å². The fraction of sp³-hybridized carbons (Fsp3) is 0.500. The van der Waals surface area contributed by atoms with Crippen LogP contribution in [0, 0.1) is 0 Å². The Kier molecular flexibility index (Phi) is 3.75. The maximum absolute atomic E-state index is 10.6. The lowest BCUT2D eigenvalue weighted by molar-refractivity contribution is -0.303. The summed E-state index contributed by atoms with van der Waals surface area (Å²) in [5.41, 5.74) is 0. The van der Waals surface area contributed by atoms with Crippen molar-refractivity contribution in [2.75, 3.05) is 12.9 Å². The Bertz CT molecular complexity index is 287. The zero-order valence-electron chi connectivity index (χ0n) is 6.73. The average Bonchev–Trinajstić information content (AvgIpc) is 1.84. The summed E-state index contributed by atoms with van der Waals surface area (Å²) in [6.45, 7) is 1.56. The highest BCUT2D eigenvalue weighted by atomic mass is 32.2. The maximum atomic E-state index is 10.6. The fourth-order valence-corrected chi connectivity index (χ4v) is 0.930. The molecule has 0 atom stereocenters. The van der Waals surface area contributed by atoms with Crippen molar-refractivity contribution in [3.05, 3.63) is 11.2 Å². The Balaban J connectivity index is 4.50. The molecule has 0 saturated carbocycles. The third-order valence-corrected chi connectivity index (χ3v) is 1.44. The second-order valence-electron chi connectivity index (χ2n) is 2.03. The SMILES string of the molecule is CCOC(=O)C([O-])=CS(C)(=O)=O. The van der Waals surface area contributed by atoms with E-state index in [4.69, 9.17) is 0 Å². The maximum Gasteiger partial charge on any atom is 0.323 e. The molecule has 0 fully saturated rings. The molecule has 0 N–H and O–H groups in total. The molecule has 0 radical (unpaired) electrons. The van der Waals surface area contributed by atoms with E-state index in [-0.39, 0.29) is 6.61 Å². The number of sulfone groups is 1. The predicted octanol–water partition coefficient (Wildman–Crippen LogP) is -1.20. The van der Waals surface area contributed by atoms with Gasteiger partial charge >= 0.3 is 5.97 Å². The van der Waals surface area contributed by atoms with E-state index < -0.39 is 21.6 Å². The summed E-state index contributed by atoms with van der Waals surface area (Å²) in [5, 5.41) is 11.0. The van der Waals surface area contributed by atoms with Gasteiger partial charge in [-0.25, -0.2) is 13.2 Å². The summed E-state index contributed by atoms with van der Waals surface area (Å²) >= 11 is 0. The van der Waals surface area contributed by atoms with Crippen molar-refractivity contribution in [3.63, 3.8) is 0 Å². The molecule has 0 aliphatic carbocycles. The number of hydrogen-bond donors (Lipinski definition) is 0. The second kappa shape index (κ2) is 4.10. The van der Waals surface area contributed by atoms with Gasteiger partial charge in [0.25, 0.3) is 0 Å². The van der Waals surface area contributed by atoms with E-state index in [2.05, 4.69) is 4.74 Å². The Morgan fingerprint density at radius 1 is 1.58 bits per heavy atom. The van der Waals surface area contributed by atoms with E-state index in [1.165, 1.54) is 6.92 Å². The van der Waals surface area contributed by atoms with Crippen LogP contribution in [0.1, 0.15) is 6.92 Å². The van der Waals surface area contributed by atoms with Gasteiger partial charge in [0.1, 0.15) is 0 Å². The van der Waals surface area contributed by atoms with Gasteiger partial charge < -0.3 is 9.84 Å². The molecule has 12 heavy (non-hydrogen) atoms. The summed E-state index contributed by atoms with van der Waals surface area (Å²) in [5.74, 6) is -2.30. The van der Waals surface area contributed by atoms with E-state index in [9.17, 15) is 18.3 Å². The molecule has 0 unspecified atom stereocenters. The van der Waals surface area contributed by atoms with Gasteiger partial charge in [-0.15, -0.1) is 0 Å². The minimum Gasteiger partial charge on any atom is -0.867 e. The highest BCUT2D eigenvalue weighted by Gasteiger charge is 2.02. The molecule has 0 spiro atoms. The van der Waals surface area contributed by atoms with Crippen molar-refractivity contribution in [1.82, 2.24) is 0 Å². The van der Waals surface area contributed by atoms with Crippen molar-refractivity contribution >= 4 is 15.8 Å². The Morgan fingerprint density at radius 3 is 2.42 bits per heavy atom. The van der Waals surface area contributed by atoms with Crippen LogP contribution in [0.3, 0.4) is 0 Å². The highest BCUT2D eigenvalue weighted by Crippen LogP contribution is 1.93. The third-order valence-electron chi connectivity index (χ3n) is 0.798. The molecule has 0 aromatic carbocycles. The standard InChI is InChI=1S/C6H10O5S/c1-3-11-6(8)5(7)4-12(2,9)10/h4,7H,3H2,1-2H3/p-1. The third kappa shape index (κ3) is 4.73. The summed E-state index contributed by atoms with van der Waals surface area (Å²) in [6.07, 6.45) is 0.824. The molecule has 0 saturated heterocycles. The number of carbonyl (C=O) groups excluding carboxylic acids is 1. The van der Waals surface area contributed by atoms with E-state index in [1.54, 1.807) is 0 Å². The summed E-state index contributed by atoms with van der Waals surface area (Å²) < 4.78 is 25.2. The van der Waals surface area contributed by atoms with E-state index in [0.29, 0.717) is 5.41 Å². The van der Waals surface area contributed by atoms with E-state index >= 15 is 0 Å². The normalized spacial score (nSPS) is 12.7. The molecule has 0 aliphatic rings. The molecule has 5 nitrogen and oxygen atoms in total. The fourth-order valence-electron chi connectivity index (χ4n) is 0.445. The zero-order valence-corrected chi connectivity index (χ0v) is 7.55. The van der Waals surface area contributed by atoms with Gasteiger partial charge in [0.05, 0.1) is 6.61 Å².